The molecule has 0 aromatic heterocycles. The molecule has 0 spiro atoms. The number of hydrogen-bond acceptors (Lipinski definition) is 4. The molecule has 1 aromatic carbocycles. The van der Waals surface area contributed by atoms with E-state index < -0.39 is 0 Å². The molecule has 3 N–H and O–H groups in total. The molecule has 1 saturated heterocycles. The van der Waals surface area contributed by atoms with Gasteiger partial charge in [-0.1, -0.05) is 12.1 Å². The van der Waals surface area contributed by atoms with Crippen molar-refractivity contribution in [2.75, 3.05) is 19.6 Å². The maximum Gasteiger partial charge on any atom is 0.259 e. The third kappa shape index (κ3) is 4.13. The number of nitrogens with two attached hydrogens (primary N) is 1. The molecule has 2 amide bonds. The van der Waals surface area contributed by atoms with Crippen LogP contribution in [0.4, 0.5) is 0 Å². The average Bonchev–Trinajstić information content (AvgIpc) is 2.41. The molecule has 5 nitrogen and oxygen atoms in total. The fourth-order valence-corrected chi connectivity index (χ4v) is 2.66. The number of imide groups is 1. The van der Waals surface area contributed by atoms with Crippen molar-refractivity contribution < 1.29 is 9.59 Å². The summed E-state index contributed by atoms with van der Waals surface area (Å²) in [6.07, 6.45) is 1.79. The Kier molecular flexibility index (Phi) is 5.28. The smallest absolute Gasteiger partial charge is 0.259 e. The van der Waals surface area contributed by atoms with Crippen molar-refractivity contribution in [3.8, 4) is 0 Å². The molecule has 1 heterocycles. The van der Waals surface area contributed by atoms with Gasteiger partial charge in [-0.3, -0.25) is 19.8 Å². The van der Waals surface area contributed by atoms with Crippen LogP contribution in [0, 0.1) is 0 Å². The van der Waals surface area contributed by atoms with Gasteiger partial charge in [-0.2, -0.15) is 0 Å². The van der Waals surface area contributed by atoms with Crippen LogP contribution in [0.2, 0.25) is 0 Å². The van der Waals surface area contributed by atoms with E-state index in [0.717, 1.165) is 25.9 Å². The van der Waals surface area contributed by atoms with Gasteiger partial charge in [0.15, 0.2) is 0 Å². The summed E-state index contributed by atoms with van der Waals surface area (Å²) in [6, 6.07) is 7.25. The van der Waals surface area contributed by atoms with E-state index in [1.807, 2.05) is 11.0 Å². The normalized spacial score (nSPS) is 16.9. The molecule has 20 heavy (non-hydrogen) atoms. The molecular weight excluding hydrogens is 322 g/mol. The minimum absolute atomic E-state index is 0.233. The zero-order chi connectivity index (χ0) is 14.5. The molecule has 0 unspecified atom stereocenters. The molecule has 1 aromatic rings. The lowest BCUT2D eigenvalue weighted by molar-refractivity contribution is -0.121. The molecule has 6 heteroatoms. The minimum atomic E-state index is -0.379. The molecule has 1 aliphatic rings. The molecule has 0 atom stereocenters. The molecule has 0 radical (unpaired) electrons. The molecule has 108 valence electrons. The number of carbonyl (C=O) groups is 2. The van der Waals surface area contributed by atoms with Crippen LogP contribution in [0.3, 0.4) is 0 Å². The van der Waals surface area contributed by atoms with Crippen LogP contribution in [-0.2, 0) is 4.79 Å². The first-order valence-electron chi connectivity index (χ1n) is 6.63. The molecule has 0 bridgehead atoms. The first-order chi connectivity index (χ1) is 9.56. The number of halogens is 1. The van der Waals surface area contributed by atoms with Crippen LogP contribution in [0.5, 0.6) is 0 Å². The van der Waals surface area contributed by atoms with Crippen LogP contribution in [-0.4, -0.2) is 42.4 Å². The number of piperidine rings is 1. The van der Waals surface area contributed by atoms with Crippen molar-refractivity contribution in [3.63, 3.8) is 0 Å². The predicted molar refractivity (Wildman–Crippen MR) is 80.3 cm³/mol. The lowest BCUT2D eigenvalue weighted by atomic mass is 10.1. The highest BCUT2D eigenvalue weighted by atomic mass is 79.9. The van der Waals surface area contributed by atoms with Crippen molar-refractivity contribution in [1.29, 1.82) is 0 Å². The first kappa shape index (κ1) is 15.2. The van der Waals surface area contributed by atoms with Gasteiger partial charge in [0, 0.05) is 23.6 Å². The van der Waals surface area contributed by atoms with Gasteiger partial charge in [0.1, 0.15) is 0 Å². The molecule has 2 rings (SSSR count). The van der Waals surface area contributed by atoms with Crippen LogP contribution < -0.4 is 11.1 Å². The van der Waals surface area contributed by atoms with Crippen LogP contribution >= 0.6 is 15.9 Å². The summed E-state index contributed by atoms with van der Waals surface area (Å²) in [5, 5.41) is 2.41. The van der Waals surface area contributed by atoms with E-state index in [4.69, 9.17) is 5.73 Å². The zero-order valence-electron chi connectivity index (χ0n) is 11.1. The van der Waals surface area contributed by atoms with Crippen molar-refractivity contribution >= 4 is 27.7 Å². The zero-order valence-corrected chi connectivity index (χ0v) is 12.7. The summed E-state index contributed by atoms with van der Waals surface area (Å²) in [5.74, 6) is -0.655. The van der Waals surface area contributed by atoms with E-state index in [0.29, 0.717) is 10.0 Å². The largest absolute Gasteiger partial charge is 0.328 e. The monoisotopic (exact) mass is 339 g/mol. The Morgan fingerprint density at radius 1 is 1.30 bits per heavy atom. The van der Waals surface area contributed by atoms with E-state index in [2.05, 4.69) is 21.2 Å². The van der Waals surface area contributed by atoms with Gasteiger partial charge in [-0.15, -0.1) is 0 Å². The highest BCUT2D eigenvalue weighted by molar-refractivity contribution is 9.10. The third-order valence-electron chi connectivity index (χ3n) is 3.37. The van der Waals surface area contributed by atoms with Gasteiger partial charge in [0.2, 0.25) is 5.91 Å². The number of carbonyl (C=O) groups excluding carboxylic acids is 2. The van der Waals surface area contributed by atoms with E-state index in [-0.39, 0.29) is 24.4 Å². The maximum atomic E-state index is 12.0. The molecule has 0 aliphatic carbocycles. The van der Waals surface area contributed by atoms with Gasteiger partial charge in [0.05, 0.1) is 12.1 Å². The van der Waals surface area contributed by atoms with Crippen LogP contribution in [0.15, 0.2) is 28.7 Å². The summed E-state index contributed by atoms with van der Waals surface area (Å²) in [4.78, 5) is 25.9. The fourth-order valence-electron chi connectivity index (χ4n) is 2.19. The summed E-state index contributed by atoms with van der Waals surface area (Å²) >= 11 is 3.30. The van der Waals surface area contributed by atoms with Gasteiger partial charge in [-0.05, 0) is 40.9 Å². The van der Waals surface area contributed by atoms with Gasteiger partial charge in [-0.25, -0.2) is 0 Å². The number of hydrogen-bond donors (Lipinski definition) is 2. The topological polar surface area (TPSA) is 75.4 Å². The predicted octanol–water partition coefficient (Wildman–Crippen LogP) is 1.13. The van der Waals surface area contributed by atoms with E-state index in [9.17, 15) is 9.59 Å². The Morgan fingerprint density at radius 3 is 2.60 bits per heavy atom. The number of nitrogens with one attached hydrogen (secondary N) is 1. The standard InChI is InChI=1S/C14H18BrN3O2/c15-12-4-2-1-3-11(12)14(20)17-13(19)9-18-7-5-10(16)6-8-18/h1-4,10H,5-9,16H2,(H,17,19,20). The first-order valence-corrected chi connectivity index (χ1v) is 7.42. The second-order valence-corrected chi connectivity index (χ2v) is 5.83. The van der Waals surface area contributed by atoms with Gasteiger partial charge >= 0.3 is 0 Å². The van der Waals surface area contributed by atoms with Crippen molar-refractivity contribution in [3.05, 3.63) is 34.3 Å². The van der Waals surface area contributed by atoms with Crippen molar-refractivity contribution in [2.24, 2.45) is 5.73 Å². The van der Waals surface area contributed by atoms with Gasteiger partial charge < -0.3 is 5.73 Å². The second-order valence-electron chi connectivity index (χ2n) is 4.97. The summed E-state index contributed by atoms with van der Waals surface area (Å²) < 4.78 is 0.675. The second kappa shape index (κ2) is 6.97. The Hall–Kier alpha value is -1.24. The lowest BCUT2D eigenvalue weighted by Crippen LogP contribution is -2.45. The Bertz CT molecular complexity index is 499. The molecule has 1 aliphatic heterocycles. The van der Waals surface area contributed by atoms with E-state index in [1.54, 1.807) is 18.2 Å². The minimum Gasteiger partial charge on any atom is -0.328 e. The van der Waals surface area contributed by atoms with Crippen LogP contribution in [0.25, 0.3) is 0 Å². The summed E-state index contributed by atoms with van der Waals surface area (Å²) in [7, 11) is 0. The average molecular weight is 340 g/mol. The van der Waals surface area contributed by atoms with Crippen molar-refractivity contribution in [1.82, 2.24) is 10.2 Å². The summed E-state index contributed by atoms with van der Waals surface area (Å²) in [5.41, 5.74) is 6.27. The quantitative estimate of drug-likeness (QED) is 0.865. The third-order valence-corrected chi connectivity index (χ3v) is 4.06. The number of amides is 2. The molecular formula is C14H18BrN3O2. The highest BCUT2D eigenvalue weighted by Crippen LogP contribution is 2.15. The SMILES string of the molecule is NC1CCN(CC(=O)NC(=O)c2ccccc2Br)CC1. The number of nitrogens with zero attached hydrogens (tertiary/aromatic N) is 1. The van der Waals surface area contributed by atoms with Crippen molar-refractivity contribution in [2.45, 2.75) is 18.9 Å². The number of benzene rings is 1. The highest BCUT2D eigenvalue weighted by Gasteiger charge is 2.20. The fraction of sp³-hybridized carbons (Fsp3) is 0.429. The molecule has 0 saturated carbocycles. The Labute approximate surface area is 126 Å². The van der Waals surface area contributed by atoms with Crippen LogP contribution in [0.1, 0.15) is 23.2 Å². The molecule has 1 fully saturated rings. The summed E-state index contributed by atoms with van der Waals surface area (Å²) in [6.45, 7) is 1.85. The van der Waals surface area contributed by atoms with Gasteiger partial charge in [0.25, 0.3) is 5.91 Å². The lowest BCUT2D eigenvalue weighted by Gasteiger charge is -2.29. The Morgan fingerprint density at radius 2 is 1.95 bits per heavy atom. The maximum absolute atomic E-state index is 12.0. The van der Waals surface area contributed by atoms with E-state index >= 15 is 0 Å². The number of likely N-dealkylation sites (tertiary alicyclic amines) is 1. The number of rotatable bonds is 3. The van der Waals surface area contributed by atoms with E-state index in [1.165, 1.54) is 0 Å². The Balaban J connectivity index is 1.85.